The molecule has 0 atom stereocenters. The molecule has 1 aliphatic rings. The lowest BCUT2D eigenvalue weighted by Crippen LogP contribution is -2.34. The Morgan fingerprint density at radius 2 is 1.73 bits per heavy atom. The Bertz CT molecular complexity index is 1560. The zero-order valence-corrected chi connectivity index (χ0v) is 24.7. The molecule has 0 unspecified atom stereocenters. The van der Waals surface area contributed by atoms with Gasteiger partial charge in [-0.15, -0.1) is 0 Å². The van der Waals surface area contributed by atoms with E-state index in [1.54, 1.807) is 17.0 Å². The van der Waals surface area contributed by atoms with Gasteiger partial charge in [-0.1, -0.05) is 23.3 Å². The molecule has 5 rings (SSSR count). The minimum Gasteiger partial charge on any atom is -0.495 e. The van der Waals surface area contributed by atoms with Crippen LogP contribution in [0.25, 0.3) is 22.2 Å². The van der Waals surface area contributed by atoms with Crippen LogP contribution in [-0.4, -0.2) is 51.7 Å². The number of likely N-dealkylation sites (tertiary alicyclic amines) is 1. The molecule has 0 radical (unpaired) electrons. The summed E-state index contributed by atoms with van der Waals surface area (Å²) in [4.78, 5) is 37.6. The molecular weight excluding hydrogens is 518 g/mol. The number of aryl methyl sites for hydroxylation is 2. The van der Waals surface area contributed by atoms with E-state index in [0.29, 0.717) is 34.6 Å². The van der Waals surface area contributed by atoms with E-state index in [-0.39, 0.29) is 17.3 Å². The predicted octanol–water partition coefficient (Wildman–Crippen LogP) is 5.80. The summed E-state index contributed by atoms with van der Waals surface area (Å²) in [5.74, 6) is 1.02. The van der Waals surface area contributed by atoms with E-state index in [1.807, 2.05) is 39.1 Å². The first kappa shape index (κ1) is 29.6. The number of nitrogen functional groups attached to an aromatic ring is 1. The van der Waals surface area contributed by atoms with Gasteiger partial charge in [-0.25, -0.2) is 9.78 Å². The number of pyridine rings is 1. The molecule has 3 heterocycles. The molecule has 2 aromatic carbocycles. The third kappa shape index (κ3) is 7.84. The first-order valence-electron chi connectivity index (χ1n) is 13.8. The molecule has 2 aromatic heterocycles. The average Bonchev–Trinajstić information content (AvgIpc) is 3.43. The number of fused-ring (bicyclic) bond motifs is 1. The molecule has 0 bridgehead atoms. The molecular formula is C32H39N5O4. The van der Waals surface area contributed by atoms with E-state index in [2.05, 4.69) is 47.0 Å². The van der Waals surface area contributed by atoms with Crippen molar-refractivity contribution in [3.05, 3.63) is 81.5 Å². The lowest BCUT2D eigenvalue weighted by molar-refractivity contribution is 0.0295. The van der Waals surface area contributed by atoms with Gasteiger partial charge in [-0.05, 0) is 83.4 Å². The topological polar surface area (TPSA) is 123 Å². The minimum absolute atomic E-state index is 0.167. The highest BCUT2D eigenvalue weighted by molar-refractivity contribution is 5.84. The van der Waals surface area contributed by atoms with Gasteiger partial charge in [0.1, 0.15) is 17.2 Å². The summed E-state index contributed by atoms with van der Waals surface area (Å²) in [5.41, 5.74) is 11.8. The molecule has 0 spiro atoms. The van der Waals surface area contributed by atoms with Crippen molar-refractivity contribution >= 4 is 22.7 Å². The van der Waals surface area contributed by atoms with Gasteiger partial charge >= 0.3 is 6.09 Å². The number of rotatable bonds is 4. The first-order valence-corrected chi connectivity index (χ1v) is 13.8. The third-order valence-electron chi connectivity index (χ3n) is 6.58. The maximum Gasteiger partial charge on any atom is 0.410 e. The Morgan fingerprint density at radius 3 is 2.32 bits per heavy atom. The fraction of sp³-hybridized carbons (Fsp3) is 0.375. The summed E-state index contributed by atoms with van der Waals surface area (Å²) in [6.45, 7) is 11.5. The fourth-order valence-corrected chi connectivity index (χ4v) is 4.73. The van der Waals surface area contributed by atoms with E-state index in [0.717, 1.165) is 42.8 Å². The second-order valence-electron chi connectivity index (χ2n) is 11.4. The summed E-state index contributed by atoms with van der Waals surface area (Å²) in [5, 5.41) is 0.447. The number of nitrogens with zero attached hydrogens (tertiary/aromatic N) is 3. The number of H-pyrrole nitrogens is 1. The number of nitrogens with two attached hydrogens (primary N) is 1. The molecule has 1 amide bonds. The van der Waals surface area contributed by atoms with E-state index < -0.39 is 0 Å². The summed E-state index contributed by atoms with van der Waals surface area (Å²) < 4.78 is 10.4. The number of carbonyl (C=O) groups is 1. The van der Waals surface area contributed by atoms with Crippen LogP contribution in [0.5, 0.6) is 5.75 Å². The predicted molar refractivity (Wildman–Crippen MR) is 162 cm³/mol. The second kappa shape index (κ2) is 12.4. The standard InChI is InChI=1S/C23H22N4O2.C9H17NO2/c1-13-6-14(2)8-16(7-13)19-5-4-15(12-25-19)9-22-26-20-11-18(24)21(29-3)10-17(20)23(28)27-22;1-9(2,3)12-8(11)10-6-4-5-7-10/h4-8,10-12H,9,24H2,1-3H3,(H,26,27,28);4-7H2,1-3H3. The van der Waals surface area contributed by atoms with Crippen molar-refractivity contribution in [1.29, 1.82) is 0 Å². The van der Waals surface area contributed by atoms with Crippen LogP contribution in [0.15, 0.2) is 53.5 Å². The van der Waals surface area contributed by atoms with Gasteiger partial charge in [-0.2, -0.15) is 0 Å². The molecule has 216 valence electrons. The first-order chi connectivity index (χ1) is 19.4. The molecule has 4 aromatic rings. The van der Waals surface area contributed by atoms with E-state index in [4.69, 9.17) is 15.2 Å². The van der Waals surface area contributed by atoms with Crippen molar-refractivity contribution in [2.24, 2.45) is 0 Å². The zero-order valence-electron chi connectivity index (χ0n) is 24.7. The number of nitrogens with one attached hydrogen (secondary N) is 1. The number of aromatic amines is 1. The molecule has 0 aliphatic carbocycles. The highest BCUT2D eigenvalue weighted by Gasteiger charge is 2.24. The van der Waals surface area contributed by atoms with Gasteiger partial charge in [0.15, 0.2) is 0 Å². The Labute approximate surface area is 240 Å². The van der Waals surface area contributed by atoms with Gasteiger partial charge in [-0.3, -0.25) is 9.78 Å². The zero-order chi connectivity index (χ0) is 29.7. The van der Waals surface area contributed by atoms with E-state index in [1.165, 1.54) is 18.2 Å². The Morgan fingerprint density at radius 1 is 1.05 bits per heavy atom. The lowest BCUT2D eigenvalue weighted by atomic mass is 10.0. The van der Waals surface area contributed by atoms with Crippen molar-refractivity contribution < 1.29 is 14.3 Å². The van der Waals surface area contributed by atoms with Crippen LogP contribution in [0, 0.1) is 13.8 Å². The van der Waals surface area contributed by atoms with Gasteiger partial charge < -0.3 is 25.1 Å². The van der Waals surface area contributed by atoms with Crippen molar-refractivity contribution in [1.82, 2.24) is 19.9 Å². The number of ether oxygens (including phenoxy) is 2. The van der Waals surface area contributed by atoms with Crippen molar-refractivity contribution in [3.8, 4) is 17.0 Å². The third-order valence-corrected chi connectivity index (χ3v) is 6.58. The number of anilines is 1. The minimum atomic E-state index is -0.361. The number of amides is 1. The summed E-state index contributed by atoms with van der Waals surface area (Å²) >= 11 is 0. The van der Waals surface area contributed by atoms with Gasteiger partial charge in [0.25, 0.3) is 5.56 Å². The molecule has 1 saturated heterocycles. The van der Waals surface area contributed by atoms with Gasteiger partial charge in [0.2, 0.25) is 0 Å². The van der Waals surface area contributed by atoms with E-state index >= 15 is 0 Å². The smallest absolute Gasteiger partial charge is 0.410 e. The average molecular weight is 558 g/mol. The van der Waals surface area contributed by atoms with Crippen LogP contribution in [0.1, 0.15) is 56.1 Å². The van der Waals surface area contributed by atoms with Gasteiger partial charge in [0.05, 0.1) is 29.4 Å². The van der Waals surface area contributed by atoms with Crippen molar-refractivity contribution in [3.63, 3.8) is 0 Å². The summed E-state index contributed by atoms with van der Waals surface area (Å²) in [6.07, 6.45) is 4.34. The lowest BCUT2D eigenvalue weighted by Gasteiger charge is -2.23. The number of hydrogen-bond donors (Lipinski definition) is 2. The van der Waals surface area contributed by atoms with Gasteiger partial charge in [0, 0.05) is 31.3 Å². The quantitative estimate of drug-likeness (QED) is 0.304. The molecule has 1 aliphatic heterocycles. The van der Waals surface area contributed by atoms with Crippen LogP contribution >= 0.6 is 0 Å². The molecule has 9 nitrogen and oxygen atoms in total. The number of aromatic nitrogens is 3. The largest absolute Gasteiger partial charge is 0.495 e. The molecule has 9 heteroatoms. The highest BCUT2D eigenvalue weighted by atomic mass is 16.6. The Hall–Kier alpha value is -4.40. The molecule has 41 heavy (non-hydrogen) atoms. The molecule has 1 fully saturated rings. The fourth-order valence-electron chi connectivity index (χ4n) is 4.73. The normalized spacial score (nSPS) is 13.1. The number of methoxy groups -OCH3 is 1. The van der Waals surface area contributed by atoms with Crippen LogP contribution in [0.2, 0.25) is 0 Å². The second-order valence-corrected chi connectivity index (χ2v) is 11.4. The van der Waals surface area contributed by atoms with Crippen LogP contribution in [-0.2, 0) is 11.2 Å². The summed E-state index contributed by atoms with van der Waals surface area (Å²) in [6, 6.07) is 13.7. The highest BCUT2D eigenvalue weighted by Crippen LogP contribution is 2.25. The monoisotopic (exact) mass is 557 g/mol. The molecule has 3 N–H and O–H groups in total. The van der Waals surface area contributed by atoms with Crippen LogP contribution in [0.4, 0.5) is 10.5 Å². The van der Waals surface area contributed by atoms with E-state index in [9.17, 15) is 9.59 Å². The maximum atomic E-state index is 12.5. The van der Waals surface area contributed by atoms with Crippen molar-refractivity contribution in [2.45, 2.75) is 59.5 Å². The summed E-state index contributed by atoms with van der Waals surface area (Å²) in [7, 11) is 1.52. The van der Waals surface area contributed by atoms with Crippen LogP contribution < -0.4 is 16.0 Å². The SMILES string of the molecule is CC(C)(C)OC(=O)N1CCCC1.COc1cc2c(=O)[nH]c(Cc3ccc(-c4cc(C)cc(C)c4)nc3)nc2cc1N. The number of hydrogen-bond acceptors (Lipinski definition) is 7. The number of benzene rings is 2. The Kier molecular flexibility index (Phi) is 8.95. The molecule has 0 saturated carbocycles. The van der Waals surface area contributed by atoms with Crippen molar-refractivity contribution in [2.75, 3.05) is 25.9 Å². The maximum absolute atomic E-state index is 12.5. The number of carbonyl (C=O) groups excluding carboxylic acids is 1. The van der Waals surface area contributed by atoms with Crippen LogP contribution in [0.3, 0.4) is 0 Å². The Balaban J connectivity index is 0.000000271.